The van der Waals surface area contributed by atoms with Gasteiger partial charge in [-0.3, -0.25) is 0 Å². The number of hydrogen-bond acceptors (Lipinski definition) is 5. The first-order valence-corrected chi connectivity index (χ1v) is 3.44. The molecule has 0 heterocycles. The van der Waals surface area contributed by atoms with E-state index in [1.807, 2.05) is 0 Å². The lowest BCUT2D eigenvalue weighted by molar-refractivity contribution is -0.720. The van der Waals surface area contributed by atoms with Crippen LogP contribution in [-0.4, -0.2) is 17.2 Å². The van der Waals surface area contributed by atoms with E-state index in [9.17, 15) is 10.1 Å². The molecule has 0 aliphatic rings. The highest BCUT2D eigenvalue weighted by atomic mass is 16.9. The minimum atomic E-state index is -1.58. The maximum absolute atomic E-state index is 9.86. The zero-order valence-electron chi connectivity index (χ0n) is 6.58. The fourth-order valence-electron chi connectivity index (χ4n) is 0.855. The summed E-state index contributed by atoms with van der Waals surface area (Å²) in [7, 11) is -1.58. The van der Waals surface area contributed by atoms with E-state index in [1.54, 1.807) is 12.1 Å². The summed E-state index contributed by atoms with van der Waals surface area (Å²) in [5.74, 6) is 0. The monoisotopic (exact) mass is 182 g/mol. The van der Waals surface area contributed by atoms with E-state index in [0.717, 1.165) is 0 Å². The van der Waals surface area contributed by atoms with Gasteiger partial charge in [0.05, 0.1) is 0 Å². The van der Waals surface area contributed by atoms with Crippen molar-refractivity contribution in [3.63, 3.8) is 0 Å². The summed E-state index contributed by atoms with van der Waals surface area (Å²) < 4.78 is 3.91. The SMILES string of the molecule is Nc1cccc(B(O)O[N+](=O)[O-])c1. The average molecular weight is 182 g/mol. The van der Waals surface area contributed by atoms with Crippen molar-refractivity contribution in [1.29, 1.82) is 0 Å². The van der Waals surface area contributed by atoms with Crippen LogP contribution in [0.15, 0.2) is 24.3 Å². The van der Waals surface area contributed by atoms with Gasteiger partial charge in [0.2, 0.25) is 0 Å². The summed E-state index contributed by atoms with van der Waals surface area (Å²) in [6.45, 7) is 0. The Balaban J connectivity index is 2.76. The van der Waals surface area contributed by atoms with E-state index in [-0.39, 0.29) is 5.46 Å². The van der Waals surface area contributed by atoms with E-state index in [1.165, 1.54) is 12.1 Å². The van der Waals surface area contributed by atoms with Crippen molar-refractivity contribution in [3.8, 4) is 0 Å². The standard InChI is InChI=1S/C6H7BN2O4/c8-6-3-1-2-5(4-6)7(10)13-9(11)12/h1-4,10H,8H2. The molecule has 3 N–H and O–H groups in total. The van der Waals surface area contributed by atoms with Crippen molar-refractivity contribution < 1.29 is 14.9 Å². The summed E-state index contributed by atoms with van der Waals surface area (Å²) in [5.41, 5.74) is 6.04. The molecule has 1 aromatic carbocycles. The van der Waals surface area contributed by atoms with E-state index in [2.05, 4.69) is 4.76 Å². The lowest BCUT2D eigenvalue weighted by atomic mass is 9.80. The van der Waals surface area contributed by atoms with Crippen LogP contribution in [0, 0.1) is 10.1 Å². The van der Waals surface area contributed by atoms with Crippen molar-refractivity contribution in [2.75, 3.05) is 5.73 Å². The van der Waals surface area contributed by atoms with Crippen LogP contribution in [0.4, 0.5) is 5.69 Å². The van der Waals surface area contributed by atoms with Crippen LogP contribution in [0.1, 0.15) is 0 Å². The van der Waals surface area contributed by atoms with Gasteiger partial charge in [0, 0.05) is 5.69 Å². The first kappa shape index (κ1) is 9.33. The minimum absolute atomic E-state index is 0.247. The molecule has 0 saturated heterocycles. The van der Waals surface area contributed by atoms with Gasteiger partial charge in [-0.1, -0.05) is 12.1 Å². The maximum Gasteiger partial charge on any atom is 0.535 e. The van der Waals surface area contributed by atoms with Crippen LogP contribution < -0.4 is 11.2 Å². The number of nitrogen functional groups attached to an aromatic ring is 1. The maximum atomic E-state index is 9.86. The lowest BCUT2D eigenvalue weighted by Gasteiger charge is -2.03. The molecule has 0 radical (unpaired) electrons. The predicted octanol–water partition coefficient (Wildman–Crippen LogP) is -0.835. The molecular weight excluding hydrogens is 175 g/mol. The Labute approximate surface area is 74.2 Å². The Kier molecular flexibility index (Phi) is 2.71. The van der Waals surface area contributed by atoms with E-state index >= 15 is 0 Å². The molecule has 68 valence electrons. The molecule has 6 nitrogen and oxygen atoms in total. The molecule has 0 bridgehead atoms. The molecular formula is C6H7BN2O4. The van der Waals surface area contributed by atoms with Gasteiger partial charge in [-0.2, -0.15) is 0 Å². The Hall–Kier alpha value is -1.76. The molecule has 7 heteroatoms. The van der Waals surface area contributed by atoms with Gasteiger partial charge in [0.15, 0.2) is 0 Å². The predicted molar refractivity (Wildman–Crippen MR) is 46.5 cm³/mol. The zero-order valence-corrected chi connectivity index (χ0v) is 6.58. The van der Waals surface area contributed by atoms with Gasteiger partial charge < -0.3 is 15.5 Å². The molecule has 0 unspecified atom stereocenters. The second kappa shape index (κ2) is 3.77. The molecule has 0 spiro atoms. The third-order valence-corrected chi connectivity index (χ3v) is 1.38. The summed E-state index contributed by atoms with van der Waals surface area (Å²) >= 11 is 0. The average Bonchev–Trinajstić information content (AvgIpc) is 2.03. The van der Waals surface area contributed by atoms with Crippen molar-refractivity contribution >= 4 is 18.3 Å². The number of nitrogens with two attached hydrogens (primary N) is 1. The second-order valence-corrected chi connectivity index (χ2v) is 2.35. The Morgan fingerprint density at radius 2 is 2.31 bits per heavy atom. The Morgan fingerprint density at radius 3 is 2.85 bits per heavy atom. The van der Waals surface area contributed by atoms with Gasteiger partial charge in [-0.25, -0.2) is 0 Å². The number of anilines is 1. The largest absolute Gasteiger partial charge is 0.535 e. The normalized spacial score (nSPS) is 9.31. The van der Waals surface area contributed by atoms with E-state index in [0.29, 0.717) is 5.69 Å². The summed E-state index contributed by atoms with van der Waals surface area (Å²) in [6, 6.07) is 6.04. The van der Waals surface area contributed by atoms with Gasteiger partial charge in [0.1, 0.15) is 0 Å². The highest BCUT2D eigenvalue weighted by Crippen LogP contribution is 1.97. The van der Waals surface area contributed by atoms with Gasteiger partial charge in [-0.15, -0.1) is 10.1 Å². The number of nitrogens with zero attached hydrogens (tertiary/aromatic N) is 1. The molecule has 0 saturated carbocycles. The molecule has 0 aliphatic carbocycles. The van der Waals surface area contributed by atoms with Crippen molar-refractivity contribution in [3.05, 3.63) is 34.4 Å². The fraction of sp³-hybridized carbons (Fsp3) is 0. The number of rotatable bonds is 3. The van der Waals surface area contributed by atoms with Crippen molar-refractivity contribution in [2.45, 2.75) is 0 Å². The highest BCUT2D eigenvalue weighted by Gasteiger charge is 2.19. The molecule has 1 aromatic rings. The van der Waals surface area contributed by atoms with Crippen LogP contribution in [-0.2, 0) is 4.76 Å². The highest BCUT2D eigenvalue weighted by molar-refractivity contribution is 6.59. The topological polar surface area (TPSA) is 98.6 Å². The molecule has 0 atom stereocenters. The van der Waals surface area contributed by atoms with E-state index in [4.69, 9.17) is 10.8 Å². The van der Waals surface area contributed by atoms with Crippen LogP contribution in [0.2, 0.25) is 0 Å². The second-order valence-electron chi connectivity index (χ2n) is 2.35. The molecule has 0 amide bonds. The molecule has 0 fully saturated rings. The Bertz CT molecular complexity index is 319. The first-order chi connectivity index (χ1) is 6.09. The van der Waals surface area contributed by atoms with Crippen molar-refractivity contribution in [1.82, 2.24) is 0 Å². The zero-order chi connectivity index (χ0) is 9.84. The van der Waals surface area contributed by atoms with Gasteiger partial charge in [-0.05, 0) is 17.6 Å². The van der Waals surface area contributed by atoms with Gasteiger partial charge in [0.25, 0.3) is 5.09 Å². The third kappa shape index (κ3) is 2.64. The fourth-order valence-corrected chi connectivity index (χ4v) is 0.855. The first-order valence-electron chi connectivity index (χ1n) is 3.44. The minimum Gasteiger partial charge on any atom is -0.425 e. The smallest absolute Gasteiger partial charge is 0.425 e. The quantitative estimate of drug-likeness (QED) is 0.275. The molecule has 0 aliphatic heterocycles. The summed E-state index contributed by atoms with van der Waals surface area (Å²) in [6.07, 6.45) is 0. The molecule has 1 rings (SSSR count). The van der Waals surface area contributed by atoms with Crippen molar-refractivity contribution in [2.24, 2.45) is 0 Å². The van der Waals surface area contributed by atoms with Crippen LogP contribution in [0.3, 0.4) is 0 Å². The van der Waals surface area contributed by atoms with Crippen LogP contribution in [0.5, 0.6) is 0 Å². The summed E-state index contributed by atoms with van der Waals surface area (Å²) in [5, 5.41) is 17.9. The van der Waals surface area contributed by atoms with E-state index < -0.39 is 12.2 Å². The van der Waals surface area contributed by atoms with Crippen LogP contribution in [0.25, 0.3) is 0 Å². The third-order valence-electron chi connectivity index (χ3n) is 1.38. The van der Waals surface area contributed by atoms with Gasteiger partial charge >= 0.3 is 7.12 Å². The molecule has 0 aromatic heterocycles. The number of benzene rings is 1. The Morgan fingerprint density at radius 1 is 1.62 bits per heavy atom. The lowest BCUT2D eigenvalue weighted by Crippen LogP contribution is -2.35. The summed E-state index contributed by atoms with van der Waals surface area (Å²) in [4.78, 5) is 9.86. The molecule has 13 heavy (non-hydrogen) atoms. The number of hydrogen-bond donors (Lipinski definition) is 2. The van der Waals surface area contributed by atoms with Crippen LogP contribution >= 0.6 is 0 Å².